The Bertz CT molecular complexity index is 562. The normalized spacial score (nSPS) is 17.6. The standard InChI is InChI=1S/C16H14BrN/c17-16-15-9-5-4-8-14(15)10-11-18(16)12-13-6-2-1-3-7-13/h1-11,16H,12H2. The Kier molecular flexibility index (Phi) is 3.20. The molecule has 1 heterocycles. The molecule has 0 bridgehead atoms. The fourth-order valence-electron chi connectivity index (χ4n) is 2.24. The summed E-state index contributed by atoms with van der Waals surface area (Å²) < 4.78 is 0. The first-order chi connectivity index (χ1) is 8.84. The Morgan fingerprint density at radius 1 is 0.944 bits per heavy atom. The van der Waals surface area contributed by atoms with E-state index in [0.717, 1.165) is 6.54 Å². The summed E-state index contributed by atoms with van der Waals surface area (Å²) in [5, 5.41) is 0. The van der Waals surface area contributed by atoms with Crippen molar-refractivity contribution in [3.8, 4) is 0 Å². The molecule has 18 heavy (non-hydrogen) atoms. The number of hydrogen-bond donors (Lipinski definition) is 0. The lowest BCUT2D eigenvalue weighted by atomic mass is 10.0. The molecule has 2 heteroatoms. The van der Waals surface area contributed by atoms with Crippen LogP contribution >= 0.6 is 15.9 Å². The van der Waals surface area contributed by atoms with Crippen LogP contribution in [0.4, 0.5) is 0 Å². The number of benzene rings is 2. The molecule has 0 aliphatic carbocycles. The summed E-state index contributed by atoms with van der Waals surface area (Å²) in [6.07, 6.45) is 4.34. The number of rotatable bonds is 2. The fourth-order valence-corrected chi connectivity index (χ4v) is 2.94. The lowest BCUT2D eigenvalue weighted by Crippen LogP contribution is -2.22. The van der Waals surface area contributed by atoms with Gasteiger partial charge in [0.25, 0.3) is 0 Å². The Morgan fingerprint density at radius 2 is 1.67 bits per heavy atom. The van der Waals surface area contributed by atoms with Crippen molar-refractivity contribution in [1.29, 1.82) is 0 Å². The molecule has 90 valence electrons. The maximum Gasteiger partial charge on any atom is 0.110 e. The third kappa shape index (κ3) is 2.21. The number of fused-ring (bicyclic) bond motifs is 1. The largest absolute Gasteiger partial charge is 0.357 e. The van der Waals surface area contributed by atoms with Crippen LogP contribution in [0.5, 0.6) is 0 Å². The van der Waals surface area contributed by atoms with E-state index in [2.05, 4.69) is 87.7 Å². The van der Waals surface area contributed by atoms with E-state index < -0.39 is 0 Å². The quantitative estimate of drug-likeness (QED) is 0.580. The predicted octanol–water partition coefficient (Wildman–Crippen LogP) is 4.57. The monoisotopic (exact) mass is 299 g/mol. The Labute approximate surface area is 116 Å². The van der Waals surface area contributed by atoms with Gasteiger partial charge in [0.2, 0.25) is 0 Å². The molecular weight excluding hydrogens is 286 g/mol. The Morgan fingerprint density at radius 3 is 2.50 bits per heavy atom. The molecule has 1 atom stereocenters. The number of alkyl halides is 1. The topological polar surface area (TPSA) is 3.24 Å². The minimum absolute atomic E-state index is 0.249. The van der Waals surface area contributed by atoms with E-state index in [1.165, 1.54) is 16.7 Å². The predicted molar refractivity (Wildman–Crippen MR) is 79.1 cm³/mol. The molecule has 3 rings (SSSR count). The second kappa shape index (κ2) is 4.99. The Balaban J connectivity index is 1.85. The van der Waals surface area contributed by atoms with Gasteiger partial charge < -0.3 is 4.90 Å². The summed E-state index contributed by atoms with van der Waals surface area (Å²) in [5.74, 6) is 0. The summed E-state index contributed by atoms with van der Waals surface area (Å²) in [6.45, 7) is 0.918. The van der Waals surface area contributed by atoms with E-state index in [1.54, 1.807) is 0 Å². The van der Waals surface area contributed by atoms with Crippen molar-refractivity contribution in [2.24, 2.45) is 0 Å². The van der Waals surface area contributed by atoms with Crippen LogP contribution in [0.2, 0.25) is 0 Å². The van der Waals surface area contributed by atoms with E-state index in [1.807, 2.05) is 0 Å². The van der Waals surface area contributed by atoms with Gasteiger partial charge in [0.15, 0.2) is 0 Å². The summed E-state index contributed by atoms with van der Waals surface area (Å²) in [7, 11) is 0. The van der Waals surface area contributed by atoms with Crippen molar-refractivity contribution >= 4 is 22.0 Å². The molecule has 1 nitrogen and oxygen atoms in total. The molecule has 1 aliphatic heterocycles. The molecular formula is C16H14BrN. The highest BCUT2D eigenvalue weighted by atomic mass is 79.9. The van der Waals surface area contributed by atoms with Gasteiger partial charge in [-0.3, -0.25) is 0 Å². The van der Waals surface area contributed by atoms with Gasteiger partial charge in [-0.1, -0.05) is 70.5 Å². The molecule has 0 saturated carbocycles. The molecule has 0 spiro atoms. The first kappa shape index (κ1) is 11.5. The van der Waals surface area contributed by atoms with Crippen molar-refractivity contribution in [3.63, 3.8) is 0 Å². The highest BCUT2D eigenvalue weighted by Gasteiger charge is 2.20. The molecule has 2 aromatic rings. The third-order valence-electron chi connectivity index (χ3n) is 3.20. The Hall–Kier alpha value is -1.54. The van der Waals surface area contributed by atoms with Crippen LogP contribution in [0.3, 0.4) is 0 Å². The summed E-state index contributed by atoms with van der Waals surface area (Å²) in [4.78, 5) is 2.55. The SMILES string of the molecule is BrC1c2ccccc2C=CN1Cc1ccccc1. The second-order valence-electron chi connectivity index (χ2n) is 4.44. The van der Waals surface area contributed by atoms with Crippen LogP contribution in [0.1, 0.15) is 21.6 Å². The van der Waals surface area contributed by atoms with Crippen LogP contribution in [-0.2, 0) is 6.54 Å². The van der Waals surface area contributed by atoms with Gasteiger partial charge in [-0.05, 0) is 22.8 Å². The first-order valence-corrected chi connectivity index (χ1v) is 6.97. The van der Waals surface area contributed by atoms with Crippen molar-refractivity contribution in [2.75, 3.05) is 0 Å². The summed E-state index contributed by atoms with van der Waals surface area (Å²) in [5.41, 5.74) is 3.95. The molecule has 0 fully saturated rings. The van der Waals surface area contributed by atoms with Gasteiger partial charge in [-0.15, -0.1) is 0 Å². The number of hydrogen-bond acceptors (Lipinski definition) is 1. The van der Waals surface area contributed by atoms with Crippen molar-refractivity contribution in [3.05, 3.63) is 77.5 Å². The molecule has 2 aromatic carbocycles. The van der Waals surface area contributed by atoms with E-state index in [9.17, 15) is 0 Å². The van der Waals surface area contributed by atoms with E-state index in [0.29, 0.717) is 0 Å². The summed E-state index contributed by atoms with van der Waals surface area (Å²) >= 11 is 3.79. The molecule has 1 unspecified atom stereocenters. The molecule has 0 saturated heterocycles. The van der Waals surface area contributed by atoms with Crippen molar-refractivity contribution in [1.82, 2.24) is 4.90 Å². The molecule has 0 amide bonds. The highest BCUT2D eigenvalue weighted by molar-refractivity contribution is 9.09. The van der Waals surface area contributed by atoms with Gasteiger partial charge in [0.05, 0.1) is 0 Å². The molecule has 0 N–H and O–H groups in total. The van der Waals surface area contributed by atoms with Gasteiger partial charge in [-0.25, -0.2) is 0 Å². The van der Waals surface area contributed by atoms with Crippen LogP contribution < -0.4 is 0 Å². The average molecular weight is 300 g/mol. The molecule has 0 aromatic heterocycles. The van der Waals surface area contributed by atoms with Crippen molar-refractivity contribution in [2.45, 2.75) is 11.5 Å². The lowest BCUT2D eigenvalue weighted by molar-refractivity contribution is 0.356. The van der Waals surface area contributed by atoms with Gasteiger partial charge in [-0.2, -0.15) is 0 Å². The number of nitrogens with zero attached hydrogens (tertiary/aromatic N) is 1. The molecule has 1 aliphatic rings. The maximum atomic E-state index is 3.79. The third-order valence-corrected chi connectivity index (χ3v) is 4.22. The lowest BCUT2D eigenvalue weighted by Gasteiger charge is -2.31. The van der Waals surface area contributed by atoms with Gasteiger partial charge in [0.1, 0.15) is 4.95 Å². The maximum absolute atomic E-state index is 3.79. The van der Waals surface area contributed by atoms with E-state index in [-0.39, 0.29) is 4.95 Å². The fraction of sp³-hybridized carbons (Fsp3) is 0.125. The van der Waals surface area contributed by atoms with Crippen LogP contribution in [0.15, 0.2) is 60.8 Å². The number of halogens is 1. The van der Waals surface area contributed by atoms with Crippen LogP contribution in [-0.4, -0.2) is 4.90 Å². The first-order valence-electron chi connectivity index (χ1n) is 6.05. The molecule has 0 radical (unpaired) electrons. The summed E-state index contributed by atoms with van der Waals surface area (Å²) in [6, 6.07) is 19.0. The van der Waals surface area contributed by atoms with E-state index >= 15 is 0 Å². The van der Waals surface area contributed by atoms with Crippen LogP contribution in [0.25, 0.3) is 6.08 Å². The minimum atomic E-state index is 0.249. The van der Waals surface area contributed by atoms with Crippen LogP contribution in [0, 0.1) is 0 Å². The minimum Gasteiger partial charge on any atom is -0.357 e. The zero-order valence-electron chi connectivity index (χ0n) is 9.96. The zero-order valence-corrected chi connectivity index (χ0v) is 11.5. The van der Waals surface area contributed by atoms with Gasteiger partial charge >= 0.3 is 0 Å². The second-order valence-corrected chi connectivity index (χ2v) is 5.31. The van der Waals surface area contributed by atoms with Gasteiger partial charge in [0, 0.05) is 12.7 Å². The smallest absolute Gasteiger partial charge is 0.110 e. The highest BCUT2D eigenvalue weighted by Crippen LogP contribution is 2.35. The van der Waals surface area contributed by atoms with Crippen molar-refractivity contribution < 1.29 is 0 Å². The zero-order chi connectivity index (χ0) is 12.4. The van der Waals surface area contributed by atoms with E-state index in [4.69, 9.17) is 0 Å². The average Bonchev–Trinajstić information content (AvgIpc) is 2.43.